The van der Waals surface area contributed by atoms with Crippen LogP contribution in [-0.4, -0.2) is 17.0 Å². The van der Waals surface area contributed by atoms with Gasteiger partial charge in [-0.15, -0.1) is 0 Å². The molecule has 0 aliphatic carbocycles. The average Bonchev–Trinajstić information content (AvgIpc) is 2.81. The summed E-state index contributed by atoms with van der Waals surface area (Å²) >= 11 is 5.78. The molecule has 2 rings (SSSR count). The summed E-state index contributed by atoms with van der Waals surface area (Å²) < 4.78 is 4.77. The number of hydrogen-bond donors (Lipinski definition) is 2. The third-order valence-electron chi connectivity index (χ3n) is 2.26. The molecule has 0 aliphatic rings. The first-order valence-corrected chi connectivity index (χ1v) is 5.32. The standard InChI is InChI=1S/C12H8ClNO4/c13-8-2-1-3-9(10(8)12(16)17)14-11(15)7-4-5-18-6-7/h1-6H,(H,14,15)(H,16,17). The van der Waals surface area contributed by atoms with Crippen molar-refractivity contribution in [2.75, 3.05) is 5.32 Å². The van der Waals surface area contributed by atoms with E-state index in [1.807, 2.05) is 0 Å². The Bertz CT molecular complexity index is 592. The van der Waals surface area contributed by atoms with Gasteiger partial charge in [0.15, 0.2) is 0 Å². The minimum Gasteiger partial charge on any atom is -0.478 e. The Morgan fingerprint density at radius 1 is 1.28 bits per heavy atom. The fourth-order valence-electron chi connectivity index (χ4n) is 1.43. The summed E-state index contributed by atoms with van der Waals surface area (Å²) in [4.78, 5) is 22.8. The molecule has 18 heavy (non-hydrogen) atoms. The lowest BCUT2D eigenvalue weighted by atomic mass is 10.1. The van der Waals surface area contributed by atoms with Crippen molar-refractivity contribution in [2.45, 2.75) is 0 Å². The number of carbonyl (C=O) groups excluding carboxylic acids is 1. The van der Waals surface area contributed by atoms with Gasteiger partial charge in [0.1, 0.15) is 11.8 Å². The van der Waals surface area contributed by atoms with Crippen molar-refractivity contribution >= 4 is 29.2 Å². The van der Waals surface area contributed by atoms with E-state index in [0.29, 0.717) is 5.56 Å². The number of benzene rings is 1. The molecule has 0 saturated carbocycles. The first-order valence-electron chi connectivity index (χ1n) is 4.95. The lowest BCUT2D eigenvalue weighted by Crippen LogP contribution is -2.14. The molecule has 0 fully saturated rings. The van der Waals surface area contributed by atoms with Crippen molar-refractivity contribution in [3.05, 3.63) is 52.9 Å². The van der Waals surface area contributed by atoms with E-state index in [-0.39, 0.29) is 16.3 Å². The molecule has 1 aromatic heterocycles. The van der Waals surface area contributed by atoms with E-state index in [1.54, 1.807) is 6.07 Å². The van der Waals surface area contributed by atoms with Crippen molar-refractivity contribution in [1.29, 1.82) is 0 Å². The lowest BCUT2D eigenvalue weighted by molar-refractivity contribution is 0.0698. The minimum absolute atomic E-state index is 0.0625. The van der Waals surface area contributed by atoms with Gasteiger partial charge in [-0.1, -0.05) is 17.7 Å². The Hall–Kier alpha value is -2.27. The third kappa shape index (κ3) is 2.36. The lowest BCUT2D eigenvalue weighted by Gasteiger charge is -2.08. The normalized spacial score (nSPS) is 10.1. The van der Waals surface area contributed by atoms with Crippen molar-refractivity contribution in [1.82, 2.24) is 0 Å². The van der Waals surface area contributed by atoms with Gasteiger partial charge in [0.05, 0.1) is 22.5 Å². The van der Waals surface area contributed by atoms with E-state index in [1.165, 1.54) is 30.7 Å². The molecule has 1 aromatic carbocycles. The van der Waals surface area contributed by atoms with Crippen LogP contribution in [0.15, 0.2) is 41.2 Å². The Morgan fingerprint density at radius 3 is 2.67 bits per heavy atom. The van der Waals surface area contributed by atoms with Gasteiger partial charge in [0.25, 0.3) is 5.91 Å². The number of rotatable bonds is 3. The van der Waals surface area contributed by atoms with Crippen LogP contribution in [0.1, 0.15) is 20.7 Å². The Kier molecular flexibility index (Phi) is 3.34. The van der Waals surface area contributed by atoms with Crippen molar-refractivity contribution < 1.29 is 19.1 Å². The van der Waals surface area contributed by atoms with E-state index in [2.05, 4.69) is 5.32 Å². The summed E-state index contributed by atoms with van der Waals surface area (Å²) in [7, 11) is 0. The van der Waals surface area contributed by atoms with Gasteiger partial charge in [-0.25, -0.2) is 4.79 Å². The van der Waals surface area contributed by atoms with E-state index in [9.17, 15) is 9.59 Å². The fraction of sp³-hybridized carbons (Fsp3) is 0. The summed E-state index contributed by atoms with van der Waals surface area (Å²) in [6.45, 7) is 0. The predicted molar refractivity (Wildman–Crippen MR) is 65.1 cm³/mol. The number of carboxylic acids is 1. The van der Waals surface area contributed by atoms with E-state index in [4.69, 9.17) is 21.1 Å². The van der Waals surface area contributed by atoms with Gasteiger partial charge in [-0.2, -0.15) is 0 Å². The number of anilines is 1. The van der Waals surface area contributed by atoms with E-state index >= 15 is 0 Å². The van der Waals surface area contributed by atoms with E-state index < -0.39 is 11.9 Å². The average molecular weight is 266 g/mol. The Balaban J connectivity index is 2.32. The second-order valence-electron chi connectivity index (χ2n) is 3.43. The number of halogens is 1. The van der Waals surface area contributed by atoms with Crippen LogP contribution >= 0.6 is 11.6 Å². The molecule has 1 amide bonds. The van der Waals surface area contributed by atoms with Crippen LogP contribution in [0.3, 0.4) is 0 Å². The zero-order valence-electron chi connectivity index (χ0n) is 9.01. The molecule has 0 aliphatic heterocycles. The molecule has 2 N–H and O–H groups in total. The smallest absolute Gasteiger partial charge is 0.339 e. The molecule has 0 saturated heterocycles. The van der Waals surface area contributed by atoms with Gasteiger partial charge < -0.3 is 14.8 Å². The zero-order valence-corrected chi connectivity index (χ0v) is 9.77. The van der Waals surface area contributed by atoms with Crippen LogP contribution in [0.5, 0.6) is 0 Å². The number of furan rings is 1. The third-order valence-corrected chi connectivity index (χ3v) is 2.57. The Morgan fingerprint density at radius 2 is 2.06 bits per heavy atom. The van der Waals surface area contributed by atoms with E-state index in [0.717, 1.165) is 0 Å². The molecule has 92 valence electrons. The summed E-state index contributed by atoms with van der Waals surface area (Å²) in [5.41, 5.74) is 0.295. The molecule has 0 bridgehead atoms. The molecular weight excluding hydrogens is 258 g/mol. The van der Waals surface area contributed by atoms with Gasteiger partial charge in [0, 0.05) is 0 Å². The second-order valence-corrected chi connectivity index (χ2v) is 3.84. The largest absolute Gasteiger partial charge is 0.478 e. The number of nitrogens with one attached hydrogen (secondary N) is 1. The molecule has 0 atom stereocenters. The fourth-order valence-corrected chi connectivity index (χ4v) is 1.69. The number of carboxylic acid groups (broad SMARTS) is 1. The van der Waals surface area contributed by atoms with Crippen LogP contribution in [0.2, 0.25) is 5.02 Å². The number of aromatic carboxylic acids is 1. The van der Waals surface area contributed by atoms with Crippen molar-refractivity contribution in [2.24, 2.45) is 0 Å². The summed E-state index contributed by atoms with van der Waals surface area (Å²) in [6, 6.07) is 5.94. The molecule has 1 heterocycles. The van der Waals surface area contributed by atoms with Gasteiger partial charge >= 0.3 is 5.97 Å². The predicted octanol–water partition coefficient (Wildman–Crippen LogP) is 2.88. The second kappa shape index (κ2) is 4.93. The highest BCUT2D eigenvalue weighted by atomic mass is 35.5. The van der Waals surface area contributed by atoms with Crippen LogP contribution in [0, 0.1) is 0 Å². The van der Waals surface area contributed by atoms with Gasteiger partial charge in [-0.3, -0.25) is 4.79 Å². The SMILES string of the molecule is O=C(Nc1cccc(Cl)c1C(=O)O)c1ccoc1. The molecule has 0 spiro atoms. The molecule has 6 heteroatoms. The van der Waals surface area contributed by atoms with Crippen LogP contribution in [-0.2, 0) is 0 Å². The van der Waals surface area contributed by atoms with Crippen LogP contribution < -0.4 is 5.32 Å². The maximum Gasteiger partial charge on any atom is 0.339 e. The molecule has 0 radical (unpaired) electrons. The highest BCUT2D eigenvalue weighted by molar-refractivity contribution is 6.34. The zero-order chi connectivity index (χ0) is 13.1. The first kappa shape index (κ1) is 12.2. The van der Waals surface area contributed by atoms with Gasteiger partial charge in [-0.05, 0) is 18.2 Å². The summed E-state index contributed by atoms with van der Waals surface area (Å²) in [6.07, 6.45) is 2.62. The van der Waals surface area contributed by atoms with Crippen LogP contribution in [0.4, 0.5) is 5.69 Å². The monoisotopic (exact) mass is 265 g/mol. The highest BCUT2D eigenvalue weighted by Gasteiger charge is 2.17. The Labute approximate surface area is 107 Å². The van der Waals surface area contributed by atoms with Crippen molar-refractivity contribution in [3.63, 3.8) is 0 Å². The molecular formula is C12H8ClNO4. The number of amides is 1. The van der Waals surface area contributed by atoms with Gasteiger partial charge in [0.2, 0.25) is 0 Å². The molecule has 0 unspecified atom stereocenters. The maximum absolute atomic E-state index is 11.8. The number of hydrogen-bond acceptors (Lipinski definition) is 3. The number of carbonyl (C=O) groups is 2. The molecule has 5 nitrogen and oxygen atoms in total. The summed E-state index contributed by atoms with van der Waals surface area (Å²) in [5.74, 6) is -1.67. The molecule has 2 aromatic rings. The summed E-state index contributed by atoms with van der Waals surface area (Å²) in [5, 5.41) is 11.6. The minimum atomic E-state index is -1.21. The van der Waals surface area contributed by atoms with Crippen molar-refractivity contribution in [3.8, 4) is 0 Å². The quantitative estimate of drug-likeness (QED) is 0.894. The van der Waals surface area contributed by atoms with Crippen LogP contribution in [0.25, 0.3) is 0 Å². The maximum atomic E-state index is 11.8. The topological polar surface area (TPSA) is 79.5 Å². The first-order chi connectivity index (χ1) is 8.59. The highest BCUT2D eigenvalue weighted by Crippen LogP contribution is 2.24.